The van der Waals surface area contributed by atoms with Crippen molar-refractivity contribution in [3.63, 3.8) is 0 Å². The molecular weight excluding hydrogens is 128 g/mol. The smallest absolute Gasteiger partial charge is 0.220 e. The second-order valence-electron chi connectivity index (χ2n) is 2.66. The highest BCUT2D eigenvalue weighted by Crippen LogP contribution is 2.04. The quantitative estimate of drug-likeness (QED) is 0.535. The molecule has 3 heteroatoms. The second kappa shape index (κ2) is 3.56. The van der Waals surface area contributed by atoms with Gasteiger partial charge in [-0.15, -0.1) is 0 Å². The lowest BCUT2D eigenvalue weighted by Crippen LogP contribution is -2.26. The zero-order valence-electron chi connectivity index (χ0n) is 6.31. The normalized spacial score (nSPS) is 27.3. The first-order valence-corrected chi connectivity index (χ1v) is 3.77. The van der Waals surface area contributed by atoms with Crippen molar-refractivity contribution < 1.29 is 4.79 Å². The maximum atomic E-state index is 10.8. The average molecular weight is 142 g/mol. The zero-order chi connectivity index (χ0) is 7.40. The van der Waals surface area contributed by atoms with Crippen molar-refractivity contribution >= 4 is 5.91 Å². The van der Waals surface area contributed by atoms with Crippen LogP contribution in [0.5, 0.6) is 0 Å². The SMILES string of the molecule is CNC1CCNC(=O)CC1. The third-order valence-corrected chi connectivity index (χ3v) is 1.94. The Bertz CT molecular complexity index is 125. The van der Waals surface area contributed by atoms with Gasteiger partial charge in [0.15, 0.2) is 0 Å². The van der Waals surface area contributed by atoms with Crippen molar-refractivity contribution in [3.05, 3.63) is 0 Å². The van der Waals surface area contributed by atoms with Crippen LogP contribution in [0.3, 0.4) is 0 Å². The Labute approximate surface area is 61.2 Å². The Morgan fingerprint density at radius 1 is 1.60 bits per heavy atom. The molecule has 1 heterocycles. The van der Waals surface area contributed by atoms with Crippen LogP contribution in [0.2, 0.25) is 0 Å². The van der Waals surface area contributed by atoms with Gasteiger partial charge in [-0.3, -0.25) is 4.79 Å². The minimum absolute atomic E-state index is 0.192. The number of hydrogen-bond acceptors (Lipinski definition) is 2. The predicted octanol–water partition coefficient (Wildman–Crippen LogP) is -0.126. The van der Waals surface area contributed by atoms with Gasteiger partial charge in [-0.25, -0.2) is 0 Å². The van der Waals surface area contributed by atoms with E-state index in [2.05, 4.69) is 10.6 Å². The number of amides is 1. The van der Waals surface area contributed by atoms with Crippen LogP contribution in [0, 0.1) is 0 Å². The van der Waals surface area contributed by atoms with E-state index in [9.17, 15) is 4.79 Å². The summed E-state index contributed by atoms with van der Waals surface area (Å²) in [7, 11) is 1.94. The van der Waals surface area contributed by atoms with Crippen LogP contribution in [0.25, 0.3) is 0 Å². The van der Waals surface area contributed by atoms with Crippen LogP contribution in [0.15, 0.2) is 0 Å². The molecule has 1 aliphatic heterocycles. The van der Waals surface area contributed by atoms with Crippen LogP contribution in [-0.4, -0.2) is 25.5 Å². The van der Waals surface area contributed by atoms with Gasteiger partial charge >= 0.3 is 0 Å². The number of rotatable bonds is 1. The molecule has 1 aliphatic rings. The minimum atomic E-state index is 0.192. The Balaban J connectivity index is 2.33. The third-order valence-electron chi connectivity index (χ3n) is 1.94. The van der Waals surface area contributed by atoms with Gasteiger partial charge < -0.3 is 10.6 Å². The first-order chi connectivity index (χ1) is 4.83. The molecule has 1 fully saturated rings. The van der Waals surface area contributed by atoms with E-state index in [0.717, 1.165) is 19.4 Å². The molecule has 0 aromatic rings. The topological polar surface area (TPSA) is 41.1 Å². The second-order valence-corrected chi connectivity index (χ2v) is 2.66. The fourth-order valence-corrected chi connectivity index (χ4v) is 1.21. The highest BCUT2D eigenvalue weighted by molar-refractivity contribution is 5.76. The van der Waals surface area contributed by atoms with E-state index in [0.29, 0.717) is 12.5 Å². The molecule has 1 amide bonds. The van der Waals surface area contributed by atoms with E-state index in [-0.39, 0.29) is 5.91 Å². The molecule has 0 aliphatic carbocycles. The summed E-state index contributed by atoms with van der Waals surface area (Å²) in [6.07, 6.45) is 2.70. The molecule has 1 atom stereocenters. The summed E-state index contributed by atoms with van der Waals surface area (Å²) >= 11 is 0. The van der Waals surface area contributed by atoms with Crippen LogP contribution in [0.4, 0.5) is 0 Å². The molecule has 1 unspecified atom stereocenters. The van der Waals surface area contributed by atoms with Gasteiger partial charge in [0.05, 0.1) is 0 Å². The van der Waals surface area contributed by atoms with Gasteiger partial charge in [-0.05, 0) is 19.9 Å². The first kappa shape index (κ1) is 7.54. The maximum absolute atomic E-state index is 10.8. The number of nitrogens with one attached hydrogen (secondary N) is 2. The molecule has 0 saturated carbocycles. The highest BCUT2D eigenvalue weighted by Gasteiger charge is 2.12. The summed E-state index contributed by atoms with van der Waals surface area (Å²) < 4.78 is 0. The van der Waals surface area contributed by atoms with Crippen molar-refractivity contribution in [3.8, 4) is 0 Å². The Hall–Kier alpha value is -0.570. The van der Waals surface area contributed by atoms with E-state index < -0.39 is 0 Å². The lowest BCUT2D eigenvalue weighted by Gasteiger charge is -2.09. The molecule has 1 saturated heterocycles. The fourth-order valence-electron chi connectivity index (χ4n) is 1.21. The summed E-state index contributed by atoms with van der Waals surface area (Å²) in [5, 5.41) is 6.00. The van der Waals surface area contributed by atoms with E-state index >= 15 is 0 Å². The first-order valence-electron chi connectivity index (χ1n) is 3.77. The number of hydrogen-bond donors (Lipinski definition) is 2. The van der Waals surface area contributed by atoms with Crippen LogP contribution < -0.4 is 10.6 Å². The molecular formula is C7H14N2O. The summed E-state index contributed by atoms with van der Waals surface area (Å²) in [5.41, 5.74) is 0. The van der Waals surface area contributed by atoms with Gasteiger partial charge in [0, 0.05) is 19.0 Å². The Kier molecular flexibility index (Phi) is 2.68. The minimum Gasteiger partial charge on any atom is -0.356 e. The van der Waals surface area contributed by atoms with E-state index in [1.807, 2.05) is 7.05 Å². The van der Waals surface area contributed by atoms with Crippen molar-refractivity contribution in [1.82, 2.24) is 10.6 Å². The lowest BCUT2D eigenvalue weighted by atomic mass is 10.1. The Morgan fingerprint density at radius 2 is 2.40 bits per heavy atom. The van der Waals surface area contributed by atoms with Crippen LogP contribution in [0.1, 0.15) is 19.3 Å². The molecule has 0 aromatic carbocycles. The lowest BCUT2D eigenvalue weighted by molar-refractivity contribution is -0.120. The largest absolute Gasteiger partial charge is 0.356 e. The van der Waals surface area contributed by atoms with E-state index in [1.54, 1.807) is 0 Å². The third kappa shape index (κ3) is 1.99. The Morgan fingerprint density at radius 3 is 3.10 bits per heavy atom. The van der Waals surface area contributed by atoms with Crippen LogP contribution >= 0.6 is 0 Å². The monoisotopic (exact) mass is 142 g/mol. The summed E-state index contributed by atoms with van der Waals surface area (Å²) in [6, 6.07) is 0.527. The summed E-state index contributed by atoms with van der Waals surface area (Å²) in [5.74, 6) is 0.192. The molecule has 0 aromatic heterocycles. The number of carbonyl (C=O) groups excluding carboxylic acids is 1. The molecule has 10 heavy (non-hydrogen) atoms. The molecule has 0 bridgehead atoms. The van der Waals surface area contributed by atoms with Crippen molar-refractivity contribution in [2.75, 3.05) is 13.6 Å². The van der Waals surface area contributed by atoms with Gasteiger partial charge in [0.25, 0.3) is 0 Å². The molecule has 1 rings (SSSR count). The van der Waals surface area contributed by atoms with Gasteiger partial charge in [-0.2, -0.15) is 0 Å². The molecule has 3 nitrogen and oxygen atoms in total. The molecule has 58 valence electrons. The van der Waals surface area contributed by atoms with Crippen LogP contribution in [-0.2, 0) is 4.79 Å². The van der Waals surface area contributed by atoms with E-state index in [1.165, 1.54) is 0 Å². The predicted molar refractivity (Wildman–Crippen MR) is 39.7 cm³/mol. The summed E-state index contributed by atoms with van der Waals surface area (Å²) in [6.45, 7) is 0.824. The summed E-state index contributed by atoms with van der Waals surface area (Å²) in [4.78, 5) is 10.8. The number of carbonyl (C=O) groups is 1. The van der Waals surface area contributed by atoms with Gasteiger partial charge in [0.2, 0.25) is 5.91 Å². The average Bonchev–Trinajstić information content (AvgIpc) is 2.14. The van der Waals surface area contributed by atoms with Gasteiger partial charge in [0.1, 0.15) is 0 Å². The molecule has 2 N–H and O–H groups in total. The van der Waals surface area contributed by atoms with Crippen molar-refractivity contribution in [2.24, 2.45) is 0 Å². The highest BCUT2D eigenvalue weighted by atomic mass is 16.1. The van der Waals surface area contributed by atoms with E-state index in [4.69, 9.17) is 0 Å². The molecule has 0 spiro atoms. The molecule has 0 radical (unpaired) electrons. The van der Waals surface area contributed by atoms with Gasteiger partial charge in [-0.1, -0.05) is 0 Å². The maximum Gasteiger partial charge on any atom is 0.220 e. The van der Waals surface area contributed by atoms with Crippen molar-refractivity contribution in [2.45, 2.75) is 25.3 Å². The zero-order valence-corrected chi connectivity index (χ0v) is 6.31. The standard InChI is InChI=1S/C7H14N2O/c1-8-6-2-3-7(10)9-5-4-6/h6,8H,2-5H2,1H3,(H,9,10). The fraction of sp³-hybridized carbons (Fsp3) is 0.857. The van der Waals surface area contributed by atoms with Crippen molar-refractivity contribution in [1.29, 1.82) is 0 Å².